The second-order valence-electron chi connectivity index (χ2n) is 4.84. The number of rotatable bonds is 4. The number of hydrogen-bond acceptors (Lipinski definition) is 1. The van der Waals surface area contributed by atoms with Crippen molar-refractivity contribution in [2.75, 3.05) is 6.54 Å². The summed E-state index contributed by atoms with van der Waals surface area (Å²) in [5.74, 6) is 0. The fraction of sp³-hybridized carbons (Fsp3) is 0.118. The number of aromatic amines is 1. The van der Waals surface area contributed by atoms with Gasteiger partial charge in [0.2, 0.25) is 0 Å². The Balaban J connectivity index is 2.04. The molecule has 4 heteroatoms. The number of aromatic nitrogens is 1. The molecule has 0 spiro atoms. The summed E-state index contributed by atoms with van der Waals surface area (Å²) in [6.45, 7) is 0.518. The van der Waals surface area contributed by atoms with E-state index in [9.17, 15) is 4.79 Å². The lowest BCUT2D eigenvalue weighted by atomic mass is 10.0. The molecule has 1 aromatic heterocycles. The maximum Gasteiger partial charge on any atom is 0.313 e. The number of halogens is 1. The first-order valence-electron chi connectivity index (χ1n) is 6.84. The van der Waals surface area contributed by atoms with E-state index in [-0.39, 0.29) is 0 Å². The lowest BCUT2D eigenvalue weighted by molar-refractivity contribution is 0.260. The Morgan fingerprint density at radius 2 is 1.76 bits per heavy atom. The third-order valence-corrected chi connectivity index (χ3v) is 3.65. The van der Waals surface area contributed by atoms with Crippen LogP contribution in [0.1, 0.15) is 5.56 Å². The minimum absolute atomic E-state index is 0.517. The van der Waals surface area contributed by atoms with Crippen molar-refractivity contribution in [3.05, 3.63) is 60.2 Å². The van der Waals surface area contributed by atoms with Crippen molar-refractivity contribution >= 4 is 27.9 Å². The van der Waals surface area contributed by atoms with Crippen LogP contribution in [0.25, 0.3) is 22.2 Å². The summed E-state index contributed by atoms with van der Waals surface area (Å²) in [6, 6.07) is 18.4. The van der Waals surface area contributed by atoms with E-state index in [4.69, 9.17) is 11.6 Å². The fourth-order valence-electron chi connectivity index (χ4n) is 2.60. The van der Waals surface area contributed by atoms with Gasteiger partial charge in [-0.1, -0.05) is 48.5 Å². The van der Waals surface area contributed by atoms with E-state index in [1.54, 1.807) is 0 Å². The highest BCUT2D eigenvalue weighted by Gasteiger charge is 2.12. The fourth-order valence-corrected chi connectivity index (χ4v) is 2.69. The summed E-state index contributed by atoms with van der Waals surface area (Å²) in [5, 5.41) is 3.30. The lowest BCUT2D eigenvalue weighted by Crippen LogP contribution is -2.19. The van der Waals surface area contributed by atoms with Gasteiger partial charge in [-0.05, 0) is 35.2 Å². The van der Waals surface area contributed by atoms with Crippen molar-refractivity contribution in [1.29, 1.82) is 0 Å². The molecule has 0 aliphatic rings. The van der Waals surface area contributed by atoms with Gasteiger partial charge in [0.25, 0.3) is 0 Å². The average Bonchev–Trinajstić information content (AvgIpc) is 2.87. The number of hydrogen-bond donors (Lipinski definition) is 2. The third-order valence-electron chi connectivity index (χ3n) is 3.52. The summed E-state index contributed by atoms with van der Waals surface area (Å²) in [7, 11) is 0. The molecule has 1 heterocycles. The second-order valence-corrected chi connectivity index (χ2v) is 5.18. The zero-order valence-corrected chi connectivity index (χ0v) is 12.2. The van der Waals surface area contributed by atoms with Gasteiger partial charge >= 0.3 is 5.37 Å². The molecule has 0 saturated heterocycles. The maximum atomic E-state index is 10.8. The van der Waals surface area contributed by atoms with Crippen LogP contribution >= 0.6 is 11.6 Å². The number of benzene rings is 2. The molecule has 2 aromatic carbocycles. The molecule has 3 rings (SSSR count). The highest BCUT2D eigenvalue weighted by atomic mass is 35.5. The van der Waals surface area contributed by atoms with Crippen molar-refractivity contribution in [1.82, 2.24) is 10.3 Å². The van der Waals surface area contributed by atoms with Crippen LogP contribution in [0.2, 0.25) is 0 Å². The molecular weight excluding hydrogens is 284 g/mol. The molecule has 0 fully saturated rings. The first-order chi connectivity index (χ1) is 10.3. The predicted octanol–water partition coefficient (Wildman–Crippen LogP) is 4.33. The third kappa shape index (κ3) is 2.93. The largest absolute Gasteiger partial charge is 0.354 e. The molecule has 0 bridgehead atoms. The van der Waals surface area contributed by atoms with E-state index in [2.05, 4.69) is 34.6 Å². The molecule has 21 heavy (non-hydrogen) atoms. The van der Waals surface area contributed by atoms with Crippen molar-refractivity contribution in [3.63, 3.8) is 0 Å². The minimum atomic E-state index is -0.517. The van der Waals surface area contributed by atoms with Crippen LogP contribution in [0.3, 0.4) is 0 Å². The standard InChI is InChI=1S/C17H15ClN2O/c18-17(21)19-11-10-14-13-8-4-5-9-15(13)20-16(14)12-6-2-1-3-7-12/h1-9,20H,10-11H2,(H,19,21). The van der Waals surface area contributed by atoms with Gasteiger partial charge in [0.05, 0.1) is 0 Å². The molecule has 2 N–H and O–H groups in total. The zero-order chi connectivity index (χ0) is 14.7. The Morgan fingerprint density at radius 1 is 1.05 bits per heavy atom. The molecule has 0 atom stereocenters. The van der Waals surface area contributed by atoms with Gasteiger partial charge in [0, 0.05) is 23.1 Å². The molecule has 3 nitrogen and oxygen atoms in total. The van der Waals surface area contributed by atoms with E-state index in [0.717, 1.165) is 23.2 Å². The van der Waals surface area contributed by atoms with Crippen LogP contribution in [-0.2, 0) is 6.42 Å². The summed E-state index contributed by atoms with van der Waals surface area (Å²) < 4.78 is 0. The number of nitrogens with one attached hydrogen (secondary N) is 2. The number of carbonyl (C=O) groups is 1. The van der Waals surface area contributed by atoms with E-state index < -0.39 is 5.37 Å². The van der Waals surface area contributed by atoms with Crippen LogP contribution < -0.4 is 5.32 Å². The molecule has 0 aliphatic carbocycles. The molecule has 3 aromatic rings. The number of para-hydroxylation sites is 1. The quantitative estimate of drug-likeness (QED) is 0.546. The topological polar surface area (TPSA) is 44.9 Å². The van der Waals surface area contributed by atoms with Gasteiger partial charge in [-0.15, -0.1) is 0 Å². The Bertz CT molecular complexity index is 765. The Kier molecular flexibility index (Phi) is 3.93. The smallest absolute Gasteiger partial charge is 0.313 e. The summed E-state index contributed by atoms with van der Waals surface area (Å²) >= 11 is 5.34. The molecule has 106 valence electrons. The first-order valence-corrected chi connectivity index (χ1v) is 7.22. The van der Waals surface area contributed by atoms with Crippen molar-refractivity contribution in [2.24, 2.45) is 0 Å². The summed E-state index contributed by atoms with van der Waals surface area (Å²) in [4.78, 5) is 14.3. The highest BCUT2D eigenvalue weighted by Crippen LogP contribution is 2.30. The normalized spacial score (nSPS) is 10.7. The molecule has 0 aliphatic heterocycles. The van der Waals surface area contributed by atoms with E-state index in [1.165, 1.54) is 10.9 Å². The van der Waals surface area contributed by atoms with E-state index in [0.29, 0.717) is 6.54 Å². The van der Waals surface area contributed by atoms with Crippen LogP contribution in [0.15, 0.2) is 54.6 Å². The SMILES string of the molecule is O=C(Cl)NCCc1c(-c2ccccc2)[nH]c2ccccc12. The number of fused-ring (bicyclic) bond motifs is 1. The monoisotopic (exact) mass is 298 g/mol. The first kappa shape index (κ1) is 13.7. The van der Waals surface area contributed by atoms with Gasteiger partial charge < -0.3 is 10.3 Å². The van der Waals surface area contributed by atoms with Gasteiger partial charge in [0.1, 0.15) is 0 Å². The van der Waals surface area contributed by atoms with Gasteiger partial charge in [-0.25, -0.2) is 0 Å². The van der Waals surface area contributed by atoms with Gasteiger partial charge in [-0.2, -0.15) is 0 Å². The molecular formula is C17H15ClN2O. The minimum Gasteiger partial charge on any atom is -0.354 e. The van der Waals surface area contributed by atoms with Crippen LogP contribution in [0.4, 0.5) is 4.79 Å². The maximum absolute atomic E-state index is 10.8. The predicted molar refractivity (Wildman–Crippen MR) is 86.7 cm³/mol. The van der Waals surface area contributed by atoms with Crippen LogP contribution in [-0.4, -0.2) is 16.9 Å². The van der Waals surface area contributed by atoms with E-state index in [1.807, 2.05) is 30.3 Å². The lowest BCUT2D eigenvalue weighted by Gasteiger charge is -2.05. The molecule has 0 radical (unpaired) electrons. The summed E-state index contributed by atoms with van der Waals surface area (Å²) in [6.07, 6.45) is 0.729. The van der Waals surface area contributed by atoms with Crippen LogP contribution in [0.5, 0.6) is 0 Å². The Morgan fingerprint density at radius 3 is 2.52 bits per heavy atom. The van der Waals surface area contributed by atoms with E-state index >= 15 is 0 Å². The number of amides is 1. The Hall–Kier alpha value is -2.26. The van der Waals surface area contributed by atoms with Crippen molar-refractivity contribution in [3.8, 4) is 11.3 Å². The second kappa shape index (κ2) is 6.02. The molecule has 0 saturated carbocycles. The number of H-pyrrole nitrogens is 1. The van der Waals surface area contributed by atoms with Gasteiger partial charge in [-0.3, -0.25) is 4.79 Å². The van der Waals surface area contributed by atoms with Crippen molar-refractivity contribution in [2.45, 2.75) is 6.42 Å². The van der Waals surface area contributed by atoms with Crippen LogP contribution in [0, 0.1) is 0 Å². The van der Waals surface area contributed by atoms with Crippen molar-refractivity contribution < 1.29 is 4.79 Å². The molecule has 0 unspecified atom stereocenters. The summed E-state index contributed by atoms with van der Waals surface area (Å²) in [5.41, 5.74) is 4.53. The Labute approximate surface area is 127 Å². The zero-order valence-electron chi connectivity index (χ0n) is 11.4. The highest BCUT2D eigenvalue weighted by molar-refractivity contribution is 6.62. The average molecular weight is 299 g/mol. The number of carbonyl (C=O) groups excluding carboxylic acids is 1. The molecule has 1 amide bonds. The van der Waals surface area contributed by atoms with Gasteiger partial charge in [0.15, 0.2) is 0 Å².